The molecule has 172 valence electrons. The summed E-state index contributed by atoms with van der Waals surface area (Å²) in [7, 11) is -3.86. The number of hydrogen-bond donors (Lipinski definition) is 2. The van der Waals surface area contributed by atoms with Gasteiger partial charge in [0.15, 0.2) is 0 Å². The van der Waals surface area contributed by atoms with Crippen LogP contribution in [0.2, 0.25) is 0 Å². The van der Waals surface area contributed by atoms with Crippen molar-refractivity contribution >= 4 is 27.2 Å². The molecular formula is C24H32N4O3S. The lowest BCUT2D eigenvalue weighted by Crippen LogP contribution is -2.29. The van der Waals surface area contributed by atoms with Gasteiger partial charge in [0.05, 0.1) is 16.6 Å². The fourth-order valence-corrected chi connectivity index (χ4v) is 5.68. The van der Waals surface area contributed by atoms with Crippen LogP contribution in [0.4, 0.5) is 11.6 Å². The van der Waals surface area contributed by atoms with Crippen LogP contribution in [0, 0.1) is 17.3 Å². The van der Waals surface area contributed by atoms with Gasteiger partial charge in [-0.1, -0.05) is 46.8 Å². The molecule has 2 aromatic rings. The van der Waals surface area contributed by atoms with Crippen LogP contribution < -0.4 is 14.8 Å². The van der Waals surface area contributed by atoms with Gasteiger partial charge in [-0.15, -0.1) is 0 Å². The lowest BCUT2D eigenvalue weighted by molar-refractivity contribution is 0.271. The minimum absolute atomic E-state index is 0.00404. The predicted molar refractivity (Wildman–Crippen MR) is 127 cm³/mol. The first-order valence-electron chi connectivity index (χ1n) is 11.2. The van der Waals surface area contributed by atoms with Crippen LogP contribution in [0.15, 0.2) is 41.3 Å². The van der Waals surface area contributed by atoms with E-state index < -0.39 is 10.0 Å². The van der Waals surface area contributed by atoms with Gasteiger partial charge in [-0.25, -0.2) is 18.1 Å². The Morgan fingerprint density at radius 2 is 2.00 bits per heavy atom. The highest BCUT2D eigenvalue weighted by molar-refractivity contribution is 7.92. The maximum atomic E-state index is 13.1. The third kappa shape index (κ3) is 4.90. The van der Waals surface area contributed by atoms with Gasteiger partial charge >= 0.3 is 0 Å². The zero-order valence-electron chi connectivity index (χ0n) is 19.3. The van der Waals surface area contributed by atoms with Gasteiger partial charge in [0.25, 0.3) is 10.0 Å². The number of nitrogens with one attached hydrogen (secondary N) is 2. The molecule has 7 nitrogen and oxygen atoms in total. The highest BCUT2D eigenvalue weighted by Gasteiger charge is 2.34. The smallest absolute Gasteiger partial charge is 0.264 e. The number of aromatic nitrogens is 2. The molecule has 2 atom stereocenters. The first kappa shape index (κ1) is 22.6. The number of nitrogens with zero attached hydrogens (tertiary/aromatic N) is 2. The SMILES string of the molecule is CC(C)C[C@@H]1COc2cc(C3=CC(C)CC3(C)C)nc(n2)NS(=O)(=O)c2cccc(c2)N1. The van der Waals surface area contributed by atoms with Gasteiger partial charge in [0.1, 0.15) is 6.61 Å². The van der Waals surface area contributed by atoms with E-state index in [1.54, 1.807) is 18.2 Å². The van der Waals surface area contributed by atoms with E-state index in [0.29, 0.717) is 30.0 Å². The van der Waals surface area contributed by atoms with E-state index in [4.69, 9.17) is 4.74 Å². The third-order valence-corrected chi connectivity index (χ3v) is 7.25. The zero-order chi connectivity index (χ0) is 23.1. The molecule has 4 bridgehead atoms. The summed E-state index contributed by atoms with van der Waals surface area (Å²) in [5.41, 5.74) is 2.45. The summed E-state index contributed by atoms with van der Waals surface area (Å²) >= 11 is 0. The quantitative estimate of drug-likeness (QED) is 0.679. The Morgan fingerprint density at radius 1 is 1.22 bits per heavy atom. The Morgan fingerprint density at radius 3 is 2.69 bits per heavy atom. The molecule has 0 saturated heterocycles. The summed E-state index contributed by atoms with van der Waals surface area (Å²) in [5, 5.41) is 3.43. The van der Waals surface area contributed by atoms with Crippen molar-refractivity contribution in [3.05, 3.63) is 42.1 Å². The normalized spacial score (nSPS) is 23.8. The Bertz CT molecular complexity index is 1140. The molecule has 1 aliphatic heterocycles. The number of fused-ring (bicyclic) bond motifs is 4. The molecule has 1 unspecified atom stereocenters. The summed E-state index contributed by atoms with van der Waals surface area (Å²) in [6, 6.07) is 8.62. The fraction of sp³-hybridized carbons (Fsp3) is 0.500. The van der Waals surface area contributed by atoms with Crippen LogP contribution in [-0.2, 0) is 10.0 Å². The molecule has 0 amide bonds. The lowest BCUT2D eigenvalue weighted by atomic mass is 9.83. The second-order valence-corrected chi connectivity index (χ2v) is 11.7. The topological polar surface area (TPSA) is 93.2 Å². The number of rotatable bonds is 3. The van der Waals surface area contributed by atoms with Crippen molar-refractivity contribution in [3.63, 3.8) is 0 Å². The Balaban J connectivity index is 1.80. The minimum Gasteiger partial charge on any atom is -0.475 e. The molecular weight excluding hydrogens is 424 g/mol. The maximum Gasteiger partial charge on any atom is 0.264 e. The number of ether oxygens (including phenoxy) is 1. The minimum atomic E-state index is -3.86. The number of sulfonamides is 1. The molecule has 1 aliphatic carbocycles. The first-order chi connectivity index (χ1) is 15.0. The lowest BCUT2D eigenvalue weighted by Gasteiger charge is -2.25. The summed E-state index contributed by atoms with van der Waals surface area (Å²) in [6.07, 6.45) is 4.09. The highest BCUT2D eigenvalue weighted by Crippen LogP contribution is 2.46. The molecule has 8 heteroatoms. The van der Waals surface area contributed by atoms with Crippen molar-refractivity contribution in [1.82, 2.24) is 9.97 Å². The average molecular weight is 457 g/mol. The standard InChI is InChI=1S/C24H32N4O3S/c1-15(2)9-18-14-31-22-12-21(20-10-16(3)13-24(20,4)5)26-23(27-22)28-32(29,30)19-8-6-7-17(11-19)25-18/h6-8,10-12,15-16,18,25H,9,13-14H2,1-5H3,(H,26,27,28)/t16?,18-/m1/s1. The molecule has 1 aromatic heterocycles. The summed E-state index contributed by atoms with van der Waals surface area (Å²) in [6.45, 7) is 11.3. The largest absolute Gasteiger partial charge is 0.475 e. The summed E-state index contributed by atoms with van der Waals surface area (Å²) in [5.74, 6) is 1.25. The van der Waals surface area contributed by atoms with E-state index in [0.717, 1.165) is 24.1 Å². The van der Waals surface area contributed by atoms with Crippen LogP contribution in [0.1, 0.15) is 53.2 Å². The third-order valence-electron chi connectivity index (χ3n) is 5.92. The van der Waals surface area contributed by atoms with Gasteiger partial charge in [-0.2, -0.15) is 4.98 Å². The van der Waals surface area contributed by atoms with E-state index in [1.165, 1.54) is 0 Å². The predicted octanol–water partition coefficient (Wildman–Crippen LogP) is 4.95. The van der Waals surface area contributed by atoms with Crippen molar-refractivity contribution in [2.24, 2.45) is 17.3 Å². The van der Waals surface area contributed by atoms with E-state index in [1.807, 2.05) is 12.1 Å². The van der Waals surface area contributed by atoms with E-state index in [9.17, 15) is 8.42 Å². The Hall–Kier alpha value is -2.61. The van der Waals surface area contributed by atoms with Gasteiger partial charge in [-0.05, 0) is 53.9 Å². The van der Waals surface area contributed by atoms with Crippen molar-refractivity contribution in [2.45, 2.75) is 58.4 Å². The van der Waals surface area contributed by atoms with Gasteiger partial charge in [-0.3, -0.25) is 0 Å². The summed E-state index contributed by atoms with van der Waals surface area (Å²) < 4.78 is 34.8. The molecule has 4 rings (SSSR count). The van der Waals surface area contributed by atoms with Crippen molar-refractivity contribution < 1.29 is 13.2 Å². The van der Waals surface area contributed by atoms with E-state index in [2.05, 4.69) is 60.7 Å². The molecule has 2 heterocycles. The molecule has 2 N–H and O–H groups in total. The first-order valence-corrected chi connectivity index (χ1v) is 12.6. The Labute approximate surface area is 190 Å². The average Bonchev–Trinajstić information content (AvgIpc) is 2.97. The van der Waals surface area contributed by atoms with Crippen molar-refractivity contribution in [1.29, 1.82) is 0 Å². The molecule has 32 heavy (non-hydrogen) atoms. The zero-order valence-corrected chi connectivity index (χ0v) is 20.2. The second kappa shape index (κ2) is 8.39. The van der Waals surface area contributed by atoms with Crippen LogP contribution in [0.5, 0.6) is 5.88 Å². The summed E-state index contributed by atoms with van der Waals surface area (Å²) in [4.78, 5) is 9.12. The van der Waals surface area contributed by atoms with Crippen LogP contribution in [-0.4, -0.2) is 31.0 Å². The number of hydrogen-bond acceptors (Lipinski definition) is 6. The number of anilines is 2. The Kier molecular flexibility index (Phi) is 5.92. The molecule has 2 aliphatic rings. The fourth-order valence-electron chi connectivity index (χ4n) is 4.69. The number of allylic oxidation sites excluding steroid dienone is 2. The maximum absolute atomic E-state index is 13.1. The molecule has 0 saturated carbocycles. The van der Waals surface area contributed by atoms with Crippen molar-refractivity contribution in [3.8, 4) is 5.88 Å². The van der Waals surface area contributed by atoms with E-state index in [-0.39, 0.29) is 22.3 Å². The van der Waals surface area contributed by atoms with Gasteiger partial charge < -0.3 is 10.1 Å². The van der Waals surface area contributed by atoms with Crippen LogP contribution >= 0.6 is 0 Å². The van der Waals surface area contributed by atoms with Gasteiger partial charge in [0.2, 0.25) is 11.8 Å². The molecule has 1 aromatic carbocycles. The van der Waals surface area contributed by atoms with Crippen molar-refractivity contribution in [2.75, 3.05) is 16.6 Å². The molecule has 0 spiro atoms. The van der Waals surface area contributed by atoms with Crippen LogP contribution in [0.25, 0.3) is 5.57 Å². The molecule has 0 radical (unpaired) electrons. The second-order valence-electron chi connectivity index (χ2n) is 9.98. The number of benzene rings is 1. The monoisotopic (exact) mass is 456 g/mol. The highest BCUT2D eigenvalue weighted by atomic mass is 32.2. The van der Waals surface area contributed by atoms with E-state index >= 15 is 0 Å². The van der Waals surface area contributed by atoms with Gasteiger partial charge in [0, 0.05) is 11.8 Å². The molecule has 0 fully saturated rings. The van der Waals surface area contributed by atoms with Crippen LogP contribution in [0.3, 0.4) is 0 Å².